The molecule has 5 N–H and O–H groups in total. The van der Waals surface area contributed by atoms with E-state index < -0.39 is 18.2 Å². The zero-order chi connectivity index (χ0) is 24.0. The minimum absolute atomic E-state index is 0.0695. The molecule has 170 valence electrons. The van der Waals surface area contributed by atoms with Crippen LogP contribution in [0.15, 0.2) is 41.9 Å². The van der Waals surface area contributed by atoms with E-state index in [1.807, 2.05) is 24.5 Å². The maximum Gasteiger partial charge on any atom is 0.296 e. The number of nitrogens with one attached hydrogen (secondary N) is 3. The lowest BCUT2D eigenvalue weighted by atomic mass is 10.2. The van der Waals surface area contributed by atoms with Crippen molar-refractivity contribution in [2.24, 2.45) is 10.8 Å². The second-order valence-corrected chi connectivity index (χ2v) is 7.71. The highest BCUT2D eigenvalue weighted by atomic mass is 32.1. The van der Waals surface area contributed by atoms with Crippen molar-refractivity contribution >= 4 is 34.4 Å². The van der Waals surface area contributed by atoms with Crippen LogP contribution in [0.4, 0.5) is 14.5 Å². The number of thiophene rings is 1. The highest BCUT2D eigenvalue weighted by Crippen LogP contribution is 2.31. The third-order valence-corrected chi connectivity index (χ3v) is 5.34. The van der Waals surface area contributed by atoms with E-state index in [4.69, 9.17) is 5.84 Å². The van der Waals surface area contributed by atoms with Crippen LogP contribution in [0.25, 0.3) is 16.2 Å². The maximum absolute atomic E-state index is 13.2. The maximum atomic E-state index is 13.2. The van der Waals surface area contributed by atoms with E-state index in [1.54, 1.807) is 28.1 Å². The molecule has 4 rings (SSSR count). The lowest BCUT2D eigenvalue weighted by molar-refractivity contribution is 0.0949. The van der Waals surface area contributed by atoms with Crippen molar-refractivity contribution in [1.29, 1.82) is 0 Å². The van der Waals surface area contributed by atoms with Crippen molar-refractivity contribution in [2.75, 3.05) is 0 Å². The SMILES string of the molecule is C#C.Cc1ccc(-c2cnc3c(N=C(NN)C(F)F)cc(C(=O)NCc4ncn[nH]4)cn23)s1. The summed E-state index contributed by atoms with van der Waals surface area (Å²) in [5.41, 5.74) is 3.17. The van der Waals surface area contributed by atoms with Gasteiger partial charge in [0, 0.05) is 11.1 Å². The van der Waals surface area contributed by atoms with Crippen molar-refractivity contribution < 1.29 is 13.6 Å². The number of carbonyl (C=O) groups excluding carboxylic acids is 1. The number of aliphatic imine (C=N–C) groups is 1. The molecule has 4 heterocycles. The summed E-state index contributed by atoms with van der Waals surface area (Å²) in [6, 6.07) is 5.26. The number of nitrogens with zero attached hydrogens (tertiary/aromatic N) is 5. The molecule has 4 aromatic rings. The van der Waals surface area contributed by atoms with E-state index in [2.05, 4.69) is 43.3 Å². The van der Waals surface area contributed by atoms with E-state index in [1.165, 1.54) is 12.4 Å². The number of terminal acetylenes is 1. The fourth-order valence-electron chi connectivity index (χ4n) is 2.89. The van der Waals surface area contributed by atoms with E-state index >= 15 is 0 Å². The molecule has 33 heavy (non-hydrogen) atoms. The fourth-order valence-corrected chi connectivity index (χ4v) is 3.76. The van der Waals surface area contributed by atoms with Gasteiger partial charge in [-0.15, -0.1) is 24.2 Å². The third-order valence-electron chi connectivity index (χ3n) is 4.32. The van der Waals surface area contributed by atoms with Gasteiger partial charge in [0.2, 0.25) is 0 Å². The number of aromatic amines is 1. The number of alkyl halides is 2. The molecule has 0 fully saturated rings. The molecule has 0 saturated carbocycles. The molecule has 4 aromatic heterocycles. The molecule has 0 unspecified atom stereocenters. The summed E-state index contributed by atoms with van der Waals surface area (Å²) in [6.45, 7) is 2.08. The van der Waals surface area contributed by atoms with Crippen LogP contribution in [-0.2, 0) is 6.54 Å². The Balaban J connectivity index is 0.00000149. The second-order valence-electron chi connectivity index (χ2n) is 6.42. The first-order valence-corrected chi connectivity index (χ1v) is 10.1. The van der Waals surface area contributed by atoms with Gasteiger partial charge in [0.05, 0.1) is 28.9 Å². The molecule has 0 bridgehead atoms. The summed E-state index contributed by atoms with van der Waals surface area (Å²) in [6.07, 6.45) is 9.59. The number of H-pyrrole nitrogens is 1. The zero-order valence-corrected chi connectivity index (χ0v) is 18.1. The van der Waals surface area contributed by atoms with Crippen LogP contribution in [0.2, 0.25) is 0 Å². The van der Waals surface area contributed by atoms with Crippen LogP contribution in [0.3, 0.4) is 0 Å². The van der Waals surface area contributed by atoms with Gasteiger partial charge < -0.3 is 10.7 Å². The summed E-state index contributed by atoms with van der Waals surface area (Å²) in [5.74, 6) is 4.47. The van der Waals surface area contributed by atoms with Gasteiger partial charge in [-0.1, -0.05) is 0 Å². The normalized spacial score (nSPS) is 11.3. The predicted molar refractivity (Wildman–Crippen MR) is 121 cm³/mol. The minimum Gasteiger partial charge on any atom is -0.345 e. The lowest BCUT2D eigenvalue weighted by Gasteiger charge is -2.09. The number of hydrogen-bond donors (Lipinski definition) is 4. The molecular weight excluding hydrogens is 452 g/mol. The van der Waals surface area contributed by atoms with Crippen LogP contribution in [0.5, 0.6) is 0 Å². The minimum atomic E-state index is -2.93. The molecule has 0 aliphatic rings. The third kappa shape index (κ3) is 5.20. The summed E-state index contributed by atoms with van der Waals surface area (Å²) < 4.78 is 28.0. The number of hydrazine groups is 1. The molecule has 10 nitrogen and oxygen atoms in total. The average Bonchev–Trinajstić information content (AvgIpc) is 3.57. The number of aromatic nitrogens is 5. The molecule has 0 aliphatic carbocycles. The quantitative estimate of drug-likeness (QED) is 0.112. The Labute approximate surface area is 190 Å². The Morgan fingerprint density at radius 2 is 2.15 bits per heavy atom. The first-order chi connectivity index (χ1) is 16.0. The first kappa shape index (κ1) is 23.5. The molecule has 13 heteroatoms. The van der Waals surface area contributed by atoms with Gasteiger partial charge in [0.25, 0.3) is 12.3 Å². The Hall–Kier alpha value is -4.15. The molecule has 0 aromatic carbocycles. The Bertz CT molecular complexity index is 1290. The number of amides is 1. The Kier molecular flexibility index (Phi) is 7.44. The molecule has 0 atom stereocenters. The van der Waals surface area contributed by atoms with Crippen LogP contribution < -0.4 is 16.6 Å². The van der Waals surface area contributed by atoms with E-state index in [0.717, 1.165) is 9.75 Å². The Morgan fingerprint density at radius 3 is 2.76 bits per heavy atom. The van der Waals surface area contributed by atoms with Gasteiger partial charge in [-0.05, 0) is 25.1 Å². The summed E-state index contributed by atoms with van der Waals surface area (Å²) in [4.78, 5) is 26.9. The summed E-state index contributed by atoms with van der Waals surface area (Å²) >= 11 is 1.54. The van der Waals surface area contributed by atoms with Crippen LogP contribution in [0.1, 0.15) is 21.1 Å². The molecule has 0 aliphatic heterocycles. The van der Waals surface area contributed by atoms with Crippen LogP contribution in [-0.4, -0.2) is 42.7 Å². The molecule has 0 spiro atoms. The summed E-state index contributed by atoms with van der Waals surface area (Å²) in [5, 5.41) is 9.06. The van der Waals surface area contributed by atoms with E-state index in [0.29, 0.717) is 17.2 Å². The zero-order valence-electron chi connectivity index (χ0n) is 17.3. The highest BCUT2D eigenvalue weighted by molar-refractivity contribution is 7.15. The van der Waals surface area contributed by atoms with Crippen molar-refractivity contribution in [3.63, 3.8) is 0 Å². The van der Waals surface area contributed by atoms with Crippen LogP contribution in [0, 0.1) is 19.8 Å². The van der Waals surface area contributed by atoms with Crippen molar-refractivity contribution in [3.8, 4) is 23.4 Å². The molecule has 1 amide bonds. The van der Waals surface area contributed by atoms with Crippen molar-refractivity contribution in [2.45, 2.75) is 19.9 Å². The second kappa shape index (κ2) is 10.4. The van der Waals surface area contributed by atoms with Gasteiger partial charge in [-0.3, -0.25) is 14.3 Å². The number of carbonyl (C=O) groups is 1. The standard InChI is InChI=1S/C18H17F2N9OS.C2H2/c1-9-2-3-13(31-9)12-5-22-17-11(26-16(27-21)15(19)20)4-10(7-29(12)17)18(30)23-6-14-24-8-25-28-14;1-2/h2-5,7-8,15H,6,21H2,1H3,(H,23,30)(H,26,27)(H,24,25,28);1-2H. The van der Waals surface area contributed by atoms with E-state index in [9.17, 15) is 13.6 Å². The van der Waals surface area contributed by atoms with Crippen molar-refractivity contribution in [1.82, 2.24) is 35.3 Å². The number of nitrogens with two attached hydrogens (primary N) is 1. The van der Waals surface area contributed by atoms with Gasteiger partial charge in [-0.2, -0.15) is 5.10 Å². The smallest absolute Gasteiger partial charge is 0.296 e. The van der Waals surface area contributed by atoms with E-state index in [-0.39, 0.29) is 17.8 Å². The van der Waals surface area contributed by atoms with Gasteiger partial charge >= 0.3 is 0 Å². The fraction of sp³-hybridized carbons (Fsp3) is 0.150. The highest BCUT2D eigenvalue weighted by Gasteiger charge is 2.18. The summed E-state index contributed by atoms with van der Waals surface area (Å²) in [7, 11) is 0. The number of halogens is 2. The van der Waals surface area contributed by atoms with Gasteiger partial charge in [-0.25, -0.2) is 29.6 Å². The predicted octanol–water partition coefficient (Wildman–Crippen LogP) is 2.43. The number of amidine groups is 1. The number of aryl methyl sites for hydroxylation is 1. The Morgan fingerprint density at radius 1 is 1.36 bits per heavy atom. The largest absolute Gasteiger partial charge is 0.345 e. The number of imidazole rings is 1. The topological polar surface area (TPSA) is 138 Å². The number of fused-ring (bicyclic) bond motifs is 1. The number of rotatable bonds is 6. The molecular formula is C20H19F2N9OS. The monoisotopic (exact) mass is 471 g/mol. The van der Waals surface area contributed by atoms with Crippen molar-refractivity contribution in [3.05, 3.63) is 53.2 Å². The van der Waals surface area contributed by atoms with Gasteiger partial charge in [0.15, 0.2) is 11.5 Å². The molecule has 0 saturated heterocycles. The molecule has 0 radical (unpaired) electrons. The van der Waals surface area contributed by atoms with Crippen LogP contribution >= 0.6 is 11.3 Å². The van der Waals surface area contributed by atoms with Gasteiger partial charge in [0.1, 0.15) is 17.8 Å². The average molecular weight is 471 g/mol. The number of pyridine rings is 1. The lowest BCUT2D eigenvalue weighted by Crippen LogP contribution is -2.35. The number of hydrogen-bond acceptors (Lipinski definition) is 7. The first-order valence-electron chi connectivity index (χ1n) is 9.33.